The van der Waals surface area contributed by atoms with Crippen molar-refractivity contribution in [1.29, 1.82) is 0 Å². The van der Waals surface area contributed by atoms with Gasteiger partial charge in [0.15, 0.2) is 0 Å². The Kier molecular flexibility index (Phi) is 5.96. The molecule has 0 aliphatic carbocycles. The maximum absolute atomic E-state index is 10.6. The van der Waals surface area contributed by atoms with Crippen molar-refractivity contribution in [2.24, 2.45) is 5.73 Å². The fourth-order valence-electron chi connectivity index (χ4n) is 1.71. The van der Waals surface area contributed by atoms with E-state index in [9.17, 15) is 4.79 Å². The van der Waals surface area contributed by atoms with E-state index in [0.717, 1.165) is 16.6 Å². The van der Waals surface area contributed by atoms with Crippen molar-refractivity contribution >= 4 is 39.4 Å². The number of amides is 2. The normalized spacial score (nSPS) is 10.0. The summed E-state index contributed by atoms with van der Waals surface area (Å²) >= 11 is 3.40. The third-order valence-corrected chi connectivity index (χ3v) is 3.30. The van der Waals surface area contributed by atoms with E-state index in [1.165, 1.54) is 0 Å². The molecule has 0 fully saturated rings. The molecule has 7 nitrogen and oxygen atoms in total. The van der Waals surface area contributed by atoms with E-state index in [4.69, 9.17) is 5.73 Å². The zero-order chi connectivity index (χ0) is 15.8. The molecule has 1 aromatic carbocycles. The SMILES string of the molecule is NC(=O)NCCCNc1nc(Nc2ccccc2)ncc1Br. The Morgan fingerprint density at radius 3 is 2.73 bits per heavy atom. The van der Waals surface area contributed by atoms with E-state index in [2.05, 4.69) is 41.8 Å². The van der Waals surface area contributed by atoms with E-state index in [1.54, 1.807) is 6.20 Å². The Labute approximate surface area is 136 Å². The highest BCUT2D eigenvalue weighted by atomic mass is 79.9. The predicted molar refractivity (Wildman–Crippen MR) is 90.1 cm³/mol. The minimum Gasteiger partial charge on any atom is -0.369 e. The number of primary amides is 1. The highest BCUT2D eigenvalue weighted by molar-refractivity contribution is 9.10. The number of para-hydroxylation sites is 1. The number of nitrogens with one attached hydrogen (secondary N) is 3. The van der Waals surface area contributed by atoms with Crippen molar-refractivity contribution in [2.75, 3.05) is 23.7 Å². The molecule has 0 atom stereocenters. The van der Waals surface area contributed by atoms with Gasteiger partial charge in [-0.05, 0) is 34.5 Å². The first kappa shape index (κ1) is 16.0. The van der Waals surface area contributed by atoms with Crippen LogP contribution in [0, 0.1) is 0 Å². The molecule has 0 saturated heterocycles. The minimum atomic E-state index is -0.516. The van der Waals surface area contributed by atoms with Crippen LogP contribution < -0.4 is 21.7 Å². The lowest BCUT2D eigenvalue weighted by atomic mass is 10.3. The van der Waals surface area contributed by atoms with E-state index >= 15 is 0 Å². The lowest BCUT2D eigenvalue weighted by molar-refractivity contribution is 0.249. The van der Waals surface area contributed by atoms with Crippen LogP contribution in [0.15, 0.2) is 41.0 Å². The molecule has 0 aliphatic rings. The molecular formula is C14H17BrN6O. The number of halogens is 1. The van der Waals surface area contributed by atoms with Gasteiger partial charge in [0.25, 0.3) is 0 Å². The molecule has 116 valence electrons. The zero-order valence-electron chi connectivity index (χ0n) is 11.8. The lowest BCUT2D eigenvalue weighted by Gasteiger charge is -2.10. The van der Waals surface area contributed by atoms with E-state index in [0.29, 0.717) is 24.9 Å². The van der Waals surface area contributed by atoms with Gasteiger partial charge in [0, 0.05) is 25.0 Å². The highest BCUT2D eigenvalue weighted by Crippen LogP contribution is 2.21. The van der Waals surface area contributed by atoms with Crippen molar-refractivity contribution in [3.05, 3.63) is 41.0 Å². The van der Waals surface area contributed by atoms with Crippen LogP contribution in [0.25, 0.3) is 0 Å². The summed E-state index contributed by atoms with van der Waals surface area (Å²) < 4.78 is 0.772. The molecule has 0 radical (unpaired) electrons. The summed E-state index contributed by atoms with van der Waals surface area (Å²) in [6.45, 7) is 1.17. The summed E-state index contributed by atoms with van der Waals surface area (Å²) in [6, 6.07) is 9.18. The van der Waals surface area contributed by atoms with Gasteiger partial charge in [0.05, 0.1) is 4.47 Å². The second-order valence-corrected chi connectivity index (χ2v) is 5.31. The molecule has 2 rings (SSSR count). The first-order chi connectivity index (χ1) is 10.6. The van der Waals surface area contributed by atoms with Gasteiger partial charge in [-0.25, -0.2) is 9.78 Å². The molecule has 22 heavy (non-hydrogen) atoms. The van der Waals surface area contributed by atoms with Crippen LogP contribution in [-0.2, 0) is 0 Å². The Balaban J connectivity index is 1.91. The molecular weight excluding hydrogens is 348 g/mol. The number of nitrogens with two attached hydrogens (primary N) is 1. The molecule has 5 N–H and O–H groups in total. The molecule has 2 amide bonds. The smallest absolute Gasteiger partial charge is 0.312 e. The van der Waals surface area contributed by atoms with Crippen LogP contribution in [0.5, 0.6) is 0 Å². The van der Waals surface area contributed by atoms with Crippen molar-refractivity contribution in [3.8, 4) is 0 Å². The summed E-state index contributed by atoms with van der Waals surface area (Å²) in [5.41, 5.74) is 5.91. The van der Waals surface area contributed by atoms with Gasteiger partial charge in [-0.2, -0.15) is 4.98 Å². The second-order valence-electron chi connectivity index (χ2n) is 4.45. The molecule has 1 heterocycles. The molecule has 0 spiro atoms. The maximum Gasteiger partial charge on any atom is 0.312 e. The van der Waals surface area contributed by atoms with Crippen LogP contribution in [0.3, 0.4) is 0 Å². The van der Waals surface area contributed by atoms with Crippen molar-refractivity contribution in [1.82, 2.24) is 15.3 Å². The Bertz CT molecular complexity index is 622. The summed E-state index contributed by atoms with van der Waals surface area (Å²) in [4.78, 5) is 19.2. The molecule has 0 aliphatic heterocycles. The topological polar surface area (TPSA) is 105 Å². The Morgan fingerprint density at radius 1 is 1.23 bits per heavy atom. The molecule has 2 aromatic rings. The number of carbonyl (C=O) groups is 1. The number of carbonyl (C=O) groups excluding carboxylic acids is 1. The highest BCUT2D eigenvalue weighted by Gasteiger charge is 2.05. The monoisotopic (exact) mass is 364 g/mol. The van der Waals surface area contributed by atoms with Crippen molar-refractivity contribution < 1.29 is 4.79 Å². The average Bonchev–Trinajstić information content (AvgIpc) is 2.50. The first-order valence-corrected chi connectivity index (χ1v) is 7.56. The molecule has 8 heteroatoms. The molecule has 0 saturated carbocycles. The fourth-order valence-corrected chi connectivity index (χ4v) is 2.04. The number of rotatable bonds is 7. The summed E-state index contributed by atoms with van der Waals surface area (Å²) in [7, 11) is 0. The number of anilines is 3. The minimum absolute atomic E-state index is 0.507. The van der Waals surface area contributed by atoms with E-state index < -0.39 is 6.03 Å². The maximum atomic E-state index is 10.6. The number of aromatic nitrogens is 2. The number of hydrogen-bond donors (Lipinski definition) is 4. The number of nitrogens with zero attached hydrogens (tertiary/aromatic N) is 2. The summed E-state index contributed by atoms with van der Waals surface area (Å²) in [6.07, 6.45) is 2.42. The third-order valence-electron chi connectivity index (χ3n) is 2.72. The molecule has 1 aromatic heterocycles. The Hall–Kier alpha value is -2.35. The second kappa shape index (κ2) is 8.18. The largest absolute Gasteiger partial charge is 0.369 e. The van der Waals surface area contributed by atoms with Crippen molar-refractivity contribution in [3.63, 3.8) is 0 Å². The lowest BCUT2D eigenvalue weighted by Crippen LogP contribution is -2.30. The first-order valence-electron chi connectivity index (χ1n) is 6.77. The average molecular weight is 365 g/mol. The standard InChI is InChI=1S/C14H17BrN6O/c15-11-9-19-14(20-10-5-2-1-3-6-10)21-12(11)17-7-4-8-18-13(16)22/h1-3,5-6,9H,4,7-8H2,(H3,16,18,22)(H2,17,19,20,21). The van der Waals surface area contributed by atoms with E-state index in [-0.39, 0.29) is 0 Å². The van der Waals surface area contributed by atoms with Gasteiger partial charge >= 0.3 is 6.03 Å². The van der Waals surface area contributed by atoms with Crippen LogP contribution >= 0.6 is 15.9 Å². The molecule has 0 unspecified atom stereocenters. The zero-order valence-corrected chi connectivity index (χ0v) is 13.4. The number of hydrogen-bond acceptors (Lipinski definition) is 5. The summed E-state index contributed by atoms with van der Waals surface area (Å²) in [5.74, 6) is 1.19. The van der Waals surface area contributed by atoms with Crippen LogP contribution in [0.2, 0.25) is 0 Å². The van der Waals surface area contributed by atoms with Gasteiger partial charge in [-0.3, -0.25) is 0 Å². The third kappa shape index (κ3) is 5.21. The van der Waals surface area contributed by atoms with Crippen molar-refractivity contribution in [2.45, 2.75) is 6.42 Å². The number of benzene rings is 1. The van der Waals surface area contributed by atoms with Crippen LogP contribution in [0.1, 0.15) is 6.42 Å². The van der Waals surface area contributed by atoms with Gasteiger partial charge in [0.1, 0.15) is 5.82 Å². The Morgan fingerprint density at radius 2 is 2.00 bits per heavy atom. The molecule has 0 bridgehead atoms. The van der Waals surface area contributed by atoms with Crippen LogP contribution in [0.4, 0.5) is 22.2 Å². The van der Waals surface area contributed by atoms with Gasteiger partial charge < -0.3 is 21.7 Å². The fraction of sp³-hybridized carbons (Fsp3) is 0.214. The number of urea groups is 1. The van der Waals surface area contributed by atoms with Gasteiger partial charge in [-0.15, -0.1) is 0 Å². The quantitative estimate of drug-likeness (QED) is 0.564. The van der Waals surface area contributed by atoms with Crippen LogP contribution in [-0.4, -0.2) is 29.1 Å². The van der Waals surface area contributed by atoms with E-state index in [1.807, 2.05) is 30.3 Å². The van der Waals surface area contributed by atoms with Gasteiger partial charge in [0.2, 0.25) is 5.95 Å². The van der Waals surface area contributed by atoms with Gasteiger partial charge in [-0.1, -0.05) is 18.2 Å². The predicted octanol–water partition coefficient (Wildman–Crippen LogP) is 2.45. The summed E-state index contributed by atoms with van der Waals surface area (Å²) in [5, 5.41) is 8.85.